The second-order valence-corrected chi connectivity index (χ2v) is 6.88. The van der Waals surface area contributed by atoms with E-state index in [4.69, 9.17) is 4.42 Å². The van der Waals surface area contributed by atoms with Gasteiger partial charge in [0.25, 0.3) is 5.91 Å². The van der Waals surface area contributed by atoms with Crippen LogP contribution in [0.2, 0.25) is 0 Å². The van der Waals surface area contributed by atoms with Crippen molar-refractivity contribution in [2.75, 3.05) is 0 Å². The van der Waals surface area contributed by atoms with E-state index >= 15 is 0 Å². The summed E-state index contributed by atoms with van der Waals surface area (Å²) in [6.07, 6.45) is 4.45. The van der Waals surface area contributed by atoms with E-state index in [9.17, 15) is 19.8 Å². The van der Waals surface area contributed by atoms with Crippen LogP contribution < -0.4 is 0 Å². The van der Waals surface area contributed by atoms with Gasteiger partial charge in [0.05, 0.1) is 24.4 Å². The molecular formula is C24H19NO5. The van der Waals surface area contributed by atoms with Gasteiger partial charge in [0.1, 0.15) is 11.5 Å². The van der Waals surface area contributed by atoms with E-state index in [0.29, 0.717) is 11.3 Å². The number of furan rings is 1. The van der Waals surface area contributed by atoms with E-state index in [1.54, 1.807) is 30.3 Å². The van der Waals surface area contributed by atoms with Crippen molar-refractivity contribution in [3.05, 3.63) is 107 Å². The highest BCUT2D eigenvalue weighted by Crippen LogP contribution is 2.39. The largest absolute Gasteiger partial charge is 0.508 e. The van der Waals surface area contributed by atoms with Gasteiger partial charge in [-0.15, -0.1) is 0 Å². The molecule has 1 aromatic heterocycles. The van der Waals surface area contributed by atoms with Crippen molar-refractivity contribution in [3.63, 3.8) is 0 Å². The van der Waals surface area contributed by atoms with Gasteiger partial charge in [-0.2, -0.15) is 0 Å². The van der Waals surface area contributed by atoms with Gasteiger partial charge >= 0.3 is 0 Å². The SMILES string of the molecule is O=C(C=Cc1ccccc1)C1=C(O)C(=O)N(Cc2ccco2)C1c1cccc(O)c1. The van der Waals surface area contributed by atoms with Crippen LogP contribution in [0.3, 0.4) is 0 Å². The molecule has 1 atom stereocenters. The Hall–Kier alpha value is -4.06. The number of aromatic hydroxyl groups is 1. The van der Waals surface area contributed by atoms with Crippen molar-refractivity contribution in [1.29, 1.82) is 0 Å². The minimum atomic E-state index is -0.859. The molecule has 1 unspecified atom stereocenters. The lowest BCUT2D eigenvalue weighted by Gasteiger charge is -2.25. The molecule has 0 radical (unpaired) electrons. The molecule has 4 rings (SSSR count). The number of aliphatic hydroxyl groups is 1. The maximum Gasteiger partial charge on any atom is 0.290 e. The van der Waals surface area contributed by atoms with Crippen molar-refractivity contribution in [3.8, 4) is 5.75 Å². The highest BCUT2D eigenvalue weighted by molar-refractivity contribution is 6.14. The fourth-order valence-electron chi connectivity index (χ4n) is 3.51. The van der Waals surface area contributed by atoms with E-state index in [1.165, 1.54) is 29.4 Å². The molecule has 0 aliphatic carbocycles. The number of ketones is 1. The number of nitrogens with zero attached hydrogens (tertiary/aromatic N) is 1. The Bertz CT molecular complexity index is 1130. The van der Waals surface area contributed by atoms with Crippen LogP contribution in [0.25, 0.3) is 6.08 Å². The van der Waals surface area contributed by atoms with Crippen LogP contribution in [-0.4, -0.2) is 26.8 Å². The lowest BCUT2D eigenvalue weighted by atomic mass is 9.95. The number of rotatable bonds is 6. The molecule has 150 valence electrons. The number of benzene rings is 2. The zero-order valence-corrected chi connectivity index (χ0v) is 15.9. The highest BCUT2D eigenvalue weighted by atomic mass is 16.3. The number of aliphatic hydroxyl groups excluding tert-OH is 1. The summed E-state index contributed by atoms with van der Waals surface area (Å²) < 4.78 is 5.35. The van der Waals surface area contributed by atoms with Crippen molar-refractivity contribution in [2.24, 2.45) is 0 Å². The molecule has 30 heavy (non-hydrogen) atoms. The zero-order valence-electron chi connectivity index (χ0n) is 15.9. The van der Waals surface area contributed by atoms with Crippen LogP contribution >= 0.6 is 0 Å². The number of carbonyl (C=O) groups is 2. The van der Waals surface area contributed by atoms with E-state index in [-0.39, 0.29) is 17.9 Å². The van der Waals surface area contributed by atoms with Crippen LogP contribution in [0.4, 0.5) is 0 Å². The summed E-state index contributed by atoms with van der Waals surface area (Å²) in [7, 11) is 0. The van der Waals surface area contributed by atoms with E-state index in [0.717, 1.165) is 5.56 Å². The Labute approximate surface area is 173 Å². The predicted octanol–water partition coefficient (Wildman–Crippen LogP) is 4.16. The standard InChI is InChI=1S/C24H19NO5/c26-18-9-4-8-17(14-18)22-21(20(27)12-11-16-6-2-1-3-7-16)23(28)24(29)25(22)15-19-10-5-13-30-19/h1-14,22,26,28H,15H2. The van der Waals surface area contributed by atoms with Gasteiger partial charge in [-0.3, -0.25) is 9.59 Å². The van der Waals surface area contributed by atoms with Crippen LogP contribution in [0.1, 0.15) is 22.9 Å². The first-order chi connectivity index (χ1) is 14.5. The van der Waals surface area contributed by atoms with Gasteiger partial charge in [0.15, 0.2) is 11.5 Å². The third kappa shape index (κ3) is 3.75. The maximum absolute atomic E-state index is 13.0. The molecule has 0 fully saturated rings. The molecule has 1 aliphatic rings. The number of hydrogen-bond acceptors (Lipinski definition) is 5. The normalized spacial score (nSPS) is 16.6. The van der Waals surface area contributed by atoms with Gasteiger partial charge in [0.2, 0.25) is 0 Å². The van der Waals surface area contributed by atoms with Gasteiger partial charge in [0, 0.05) is 0 Å². The van der Waals surface area contributed by atoms with Crippen molar-refractivity contribution < 1.29 is 24.2 Å². The van der Waals surface area contributed by atoms with Gasteiger partial charge in [-0.1, -0.05) is 48.5 Å². The van der Waals surface area contributed by atoms with Crippen molar-refractivity contribution in [1.82, 2.24) is 4.90 Å². The Kier molecular flexibility index (Phi) is 5.22. The highest BCUT2D eigenvalue weighted by Gasteiger charge is 2.43. The fourth-order valence-corrected chi connectivity index (χ4v) is 3.51. The summed E-state index contributed by atoms with van der Waals surface area (Å²) >= 11 is 0. The first-order valence-corrected chi connectivity index (χ1v) is 9.37. The van der Waals surface area contributed by atoms with E-state index in [2.05, 4.69) is 0 Å². The number of phenols is 1. The Morgan fingerprint density at radius 2 is 1.83 bits per heavy atom. The number of allylic oxidation sites excluding steroid dienone is 1. The molecule has 6 heteroatoms. The topological polar surface area (TPSA) is 91.0 Å². The quantitative estimate of drug-likeness (QED) is 0.605. The smallest absolute Gasteiger partial charge is 0.290 e. The summed E-state index contributed by atoms with van der Waals surface area (Å²) in [5.74, 6) is -1.25. The zero-order chi connectivity index (χ0) is 21.1. The Morgan fingerprint density at radius 1 is 1.03 bits per heavy atom. The number of phenolic OH excluding ortho intramolecular Hbond substituents is 1. The molecule has 0 spiro atoms. The second-order valence-electron chi connectivity index (χ2n) is 6.88. The minimum absolute atomic E-state index is 0.00378. The molecule has 3 aromatic rings. The molecule has 2 aromatic carbocycles. The molecule has 2 heterocycles. The van der Waals surface area contributed by atoms with Crippen LogP contribution in [0.15, 0.2) is 94.8 Å². The second kappa shape index (κ2) is 8.13. The lowest BCUT2D eigenvalue weighted by molar-refractivity contribution is -0.130. The van der Waals surface area contributed by atoms with Crippen LogP contribution in [-0.2, 0) is 16.1 Å². The average Bonchev–Trinajstić information content (AvgIpc) is 3.35. The number of carbonyl (C=O) groups excluding carboxylic acids is 2. The molecule has 1 amide bonds. The van der Waals surface area contributed by atoms with Crippen LogP contribution in [0, 0.1) is 0 Å². The van der Waals surface area contributed by atoms with Gasteiger partial charge in [-0.05, 0) is 41.5 Å². The van der Waals surface area contributed by atoms with Crippen LogP contribution in [0.5, 0.6) is 5.75 Å². The Morgan fingerprint density at radius 3 is 2.53 bits per heavy atom. The summed E-state index contributed by atoms with van der Waals surface area (Å²) in [6, 6.07) is 18.1. The summed E-state index contributed by atoms with van der Waals surface area (Å²) in [6.45, 7) is 0.0649. The van der Waals surface area contributed by atoms with E-state index in [1.807, 2.05) is 30.3 Å². The molecule has 0 saturated carbocycles. The number of hydrogen-bond donors (Lipinski definition) is 2. The first kappa shape index (κ1) is 19.3. The summed E-state index contributed by atoms with van der Waals surface area (Å²) in [4.78, 5) is 27.2. The van der Waals surface area contributed by atoms with Gasteiger partial charge < -0.3 is 19.5 Å². The number of amides is 1. The maximum atomic E-state index is 13.0. The van der Waals surface area contributed by atoms with Crippen molar-refractivity contribution >= 4 is 17.8 Å². The average molecular weight is 401 g/mol. The summed E-state index contributed by atoms with van der Waals surface area (Å²) in [5.41, 5.74) is 1.29. The molecule has 6 nitrogen and oxygen atoms in total. The molecule has 0 saturated heterocycles. The molecule has 0 bridgehead atoms. The minimum Gasteiger partial charge on any atom is -0.508 e. The molecule has 1 aliphatic heterocycles. The first-order valence-electron chi connectivity index (χ1n) is 9.37. The monoisotopic (exact) mass is 401 g/mol. The van der Waals surface area contributed by atoms with E-state index < -0.39 is 23.5 Å². The predicted molar refractivity (Wildman–Crippen MR) is 110 cm³/mol. The lowest BCUT2D eigenvalue weighted by Crippen LogP contribution is -2.30. The third-order valence-corrected chi connectivity index (χ3v) is 4.89. The van der Waals surface area contributed by atoms with Gasteiger partial charge in [-0.25, -0.2) is 0 Å². The Balaban J connectivity index is 1.73. The molecule has 2 N–H and O–H groups in total. The van der Waals surface area contributed by atoms with Crippen molar-refractivity contribution in [2.45, 2.75) is 12.6 Å². The third-order valence-electron chi connectivity index (χ3n) is 4.89. The fraction of sp³-hybridized carbons (Fsp3) is 0.0833. The summed E-state index contributed by atoms with van der Waals surface area (Å²) in [5, 5.41) is 20.5. The molecular weight excluding hydrogens is 382 g/mol.